The van der Waals surface area contributed by atoms with Gasteiger partial charge in [0, 0.05) is 12.6 Å². The lowest BCUT2D eigenvalue weighted by molar-refractivity contribution is -0.166. The SMILES string of the molecule is CC(C)NC(=O)NC(=O)COC(=O)[C@@H]1CCCN1C(=O)C12CC3CC(CC(C3)C1)C2. The van der Waals surface area contributed by atoms with Crippen molar-refractivity contribution in [2.45, 2.75) is 77.3 Å². The first-order chi connectivity index (χ1) is 14.3. The average Bonchev–Trinajstić information content (AvgIpc) is 3.13. The predicted octanol–water partition coefficient (Wildman–Crippen LogP) is 1.97. The van der Waals surface area contributed by atoms with Crippen molar-refractivity contribution in [1.29, 1.82) is 0 Å². The number of esters is 1. The molecule has 30 heavy (non-hydrogen) atoms. The maximum absolute atomic E-state index is 13.6. The molecule has 0 aromatic heterocycles. The summed E-state index contributed by atoms with van der Waals surface area (Å²) in [5, 5.41) is 4.67. The molecule has 2 N–H and O–H groups in total. The van der Waals surface area contributed by atoms with E-state index < -0.39 is 30.6 Å². The molecule has 166 valence electrons. The maximum Gasteiger partial charge on any atom is 0.329 e. The summed E-state index contributed by atoms with van der Waals surface area (Å²) in [4.78, 5) is 51.4. The number of ether oxygens (including phenoxy) is 1. The number of urea groups is 1. The molecule has 4 saturated carbocycles. The highest BCUT2D eigenvalue weighted by Gasteiger charge is 2.57. The van der Waals surface area contributed by atoms with E-state index in [1.54, 1.807) is 18.7 Å². The molecule has 4 amide bonds. The maximum atomic E-state index is 13.6. The van der Waals surface area contributed by atoms with Gasteiger partial charge in [-0.05, 0) is 83.0 Å². The molecule has 0 unspecified atom stereocenters. The van der Waals surface area contributed by atoms with E-state index in [4.69, 9.17) is 4.74 Å². The van der Waals surface area contributed by atoms with Crippen LogP contribution in [0, 0.1) is 23.2 Å². The summed E-state index contributed by atoms with van der Waals surface area (Å²) in [6.07, 6.45) is 8.00. The first kappa shape index (κ1) is 21.1. The molecular formula is C22H33N3O5. The molecule has 5 fully saturated rings. The van der Waals surface area contributed by atoms with Crippen LogP contribution in [0.25, 0.3) is 0 Å². The molecule has 5 rings (SSSR count). The zero-order chi connectivity index (χ0) is 21.5. The number of imide groups is 1. The fraction of sp³-hybridized carbons (Fsp3) is 0.818. The van der Waals surface area contributed by atoms with Gasteiger partial charge in [-0.1, -0.05) is 0 Å². The number of nitrogens with zero attached hydrogens (tertiary/aromatic N) is 1. The van der Waals surface area contributed by atoms with Crippen LogP contribution in [0.2, 0.25) is 0 Å². The van der Waals surface area contributed by atoms with Gasteiger partial charge in [-0.15, -0.1) is 0 Å². The summed E-state index contributed by atoms with van der Waals surface area (Å²) in [7, 11) is 0. The first-order valence-electron chi connectivity index (χ1n) is 11.3. The molecule has 1 saturated heterocycles. The Balaban J connectivity index is 1.33. The summed E-state index contributed by atoms with van der Waals surface area (Å²) in [5.74, 6) is 0.877. The van der Waals surface area contributed by atoms with Gasteiger partial charge in [0.05, 0.1) is 5.41 Å². The predicted molar refractivity (Wildman–Crippen MR) is 108 cm³/mol. The highest BCUT2D eigenvalue weighted by atomic mass is 16.5. The van der Waals surface area contributed by atoms with Crippen molar-refractivity contribution in [3.63, 3.8) is 0 Å². The van der Waals surface area contributed by atoms with Gasteiger partial charge in [-0.25, -0.2) is 9.59 Å². The number of carbonyl (C=O) groups excluding carboxylic acids is 4. The molecule has 0 radical (unpaired) electrons. The minimum Gasteiger partial charge on any atom is -0.454 e. The lowest BCUT2D eigenvalue weighted by Crippen LogP contribution is -2.56. The fourth-order valence-corrected chi connectivity index (χ4v) is 6.63. The van der Waals surface area contributed by atoms with Crippen LogP contribution >= 0.6 is 0 Å². The normalized spacial score (nSPS) is 34.2. The number of likely N-dealkylation sites (tertiary alicyclic amines) is 1. The second kappa shape index (κ2) is 8.19. The Bertz CT molecular complexity index is 699. The number of hydrogen-bond acceptors (Lipinski definition) is 5. The Morgan fingerprint density at radius 3 is 2.20 bits per heavy atom. The molecule has 0 aromatic carbocycles. The van der Waals surface area contributed by atoms with E-state index >= 15 is 0 Å². The van der Waals surface area contributed by atoms with E-state index in [0.717, 1.165) is 25.7 Å². The van der Waals surface area contributed by atoms with Crippen molar-refractivity contribution in [3.8, 4) is 0 Å². The number of hydrogen-bond donors (Lipinski definition) is 2. The molecule has 5 aliphatic rings. The summed E-state index contributed by atoms with van der Waals surface area (Å²) >= 11 is 0. The molecule has 1 heterocycles. The quantitative estimate of drug-likeness (QED) is 0.663. The largest absolute Gasteiger partial charge is 0.454 e. The van der Waals surface area contributed by atoms with Gasteiger partial charge in [0.25, 0.3) is 5.91 Å². The Labute approximate surface area is 177 Å². The molecule has 0 aromatic rings. The van der Waals surface area contributed by atoms with Crippen molar-refractivity contribution in [3.05, 3.63) is 0 Å². The Hall–Kier alpha value is -2.12. The Morgan fingerprint density at radius 2 is 1.63 bits per heavy atom. The molecule has 8 heteroatoms. The first-order valence-corrected chi connectivity index (χ1v) is 11.3. The van der Waals surface area contributed by atoms with Crippen molar-refractivity contribution in [1.82, 2.24) is 15.5 Å². The number of amides is 4. The van der Waals surface area contributed by atoms with Crippen molar-refractivity contribution < 1.29 is 23.9 Å². The van der Waals surface area contributed by atoms with Crippen LogP contribution in [0.15, 0.2) is 0 Å². The molecule has 8 nitrogen and oxygen atoms in total. The van der Waals surface area contributed by atoms with Gasteiger partial charge in [-0.2, -0.15) is 0 Å². The van der Waals surface area contributed by atoms with Gasteiger partial charge >= 0.3 is 12.0 Å². The summed E-state index contributed by atoms with van der Waals surface area (Å²) in [6, 6.07) is -1.35. The summed E-state index contributed by atoms with van der Waals surface area (Å²) in [6.45, 7) is 3.60. The minimum absolute atomic E-state index is 0.108. The molecule has 1 aliphatic heterocycles. The third-order valence-corrected chi connectivity index (χ3v) is 7.30. The van der Waals surface area contributed by atoms with E-state index in [1.165, 1.54) is 19.3 Å². The highest BCUT2D eigenvalue weighted by molar-refractivity contribution is 5.96. The van der Waals surface area contributed by atoms with E-state index in [0.29, 0.717) is 30.7 Å². The van der Waals surface area contributed by atoms with Crippen LogP contribution in [-0.2, 0) is 19.1 Å². The zero-order valence-corrected chi connectivity index (χ0v) is 17.9. The highest BCUT2D eigenvalue weighted by Crippen LogP contribution is 2.60. The topological polar surface area (TPSA) is 105 Å². The number of carbonyl (C=O) groups is 4. The summed E-state index contributed by atoms with van der Waals surface area (Å²) in [5.41, 5.74) is -0.288. The number of nitrogens with one attached hydrogen (secondary N) is 2. The second-order valence-corrected chi connectivity index (χ2v) is 10.1. The van der Waals surface area contributed by atoms with Crippen LogP contribution in [0.5, 0.6) is 0 Å². The van der Waals surface area contributed by atoms with E-state index in [2.05, 4.69) is 10.6 Å². The van der Waals surface area contributed by atoms with Gasteiger partial charge in [0.1, 0.15) is 6.04 Å². The molecular weight excluding hydrogens is 386 g/mol. The van der Waals surface area contributed by atoms with Crippen LogP contribution < -0.4 is 10.6 Å². The number of rotatable bonds is 5. The lowest BCUT2D eigenvalue weighted by atomic mass is 9.49. The fourth-order valence-electron chi connectivity index (χ4n) is 6.63. The standard InChI is InChI=1S/C22H33N3O5/c1-13(2)23-21(29)24-18(26)12-30-19(27)17-4-3-5-25(17)20(28)22-9-14-6-15(10-22)8-16(7-14)11-22/h13-17H,3-12H2,1-2H3,(H2,23,24,26,29)/t14?,15?,16?,17-,22?/m0/s1. The Kier molecular flexibility index (Phi) is 5.77. The van der Waals surface area contributed by atoms with Gasteiger partial charge in [0.2, 0.25) is 5.91 Å². The molecule has 1 atom stereocenters. The average molecular weight is 420 g/mol. The molecule has 4 bridgehead atoms. The van der Waals surface area contributed by atoms with Crippen LogP contribution in [0.1, 0.15) is 65.2 Å². The lowest BCUT2D eigenvalue weighted by Gasteiger charge is -2.56. The summed E-state index contributed by atoms with van der Waals surface area (Å²) < 4.78 is 5.17. The zero-order valence-electron chi connectivity index (χ0n) is 17.9. The van der Waals surface area contributed by atoms with Gasteiger partial charge in [-0.3, -0.25) is 14.9 Å². The van der Waals surface area contributed by atoms with E-state index in [-0.39, 0.29) is 17.4 Å². The van der Waals surface area contributed by atoms with Crippen LogP contribution in [-0.4, -0.2) is 54.0 Å². The van der Waals surface area contributed by atoms with Crippen LogP contribution in [0.4, 0.5) is 4.79 Å². The van der Waals surface area contributed by atoms with Gasteiger partial charge < -0.3 is 15.0 Å². The van der Waals surface area contributed by atoms with Crippen molar-refractivity contribution in [2.75, 3.05) is 13.2 Å². The van der Waals surface area contributed by atoms with Gasteiger partial charge in [0.15, 0.2) is 6.61 Å². The van der Waals surface area contributed by atoms with E-state index in [9.17, 15) is 19.2 Å². The molecule has 0 spiro atoms. The second-order valence-electron chi connectivity index (χ2n) is 10.1. The smallest absolute Gasteiger partial charge is 0.329 e. The minimum atomic E-state index is -0.682. The van der Waals surface area contributed by atoms with Crippen molar-refractivity contribution >= 4 is 23.8 Å². The molecule has 4 aliphatic carbocycles. The van der Waals surface area contributed by atoms with Crippen LogP contribution in [0.3, 0.4) is 0 Å². The monoisotopic (exact) mass is 419 g/mol. The van der Waals surface area contributed by atoms with E-state index in [1.807, 2.05) is 0 Å². The Morgan fingerprint density at radius 1 is 1.03 bits per heavy atom. The third kappa shape index (κ3) is 4.18. The van der Waals surface area contributed by atoms with Crippen molar-refractivity contribution in [2.24, 2.45) is 23.2 Å². The third-order valence-electron chi connectivity index (χ3n) is 7.30.